The number of aryl methyl sites for hydroxylation is 2. The number of carbonyl (C=O) groups is 2. The number of allylic oxidation sites excluding steroid dienone is 4. The zero-order chi connectivity index (χ0) is 51.1. The number of benzene rings is 1. The van der Waals surface area contributed by atoms with Crippen LogP contribution in [-0.2, 0) is 50.9 Å². The number of ether oxygens (including phenoxy) is 10. The quantitative estimate of drug-likeness (QED) is 0.0458. The van der Waals surface area contributed by atoms with Crippen LogP contribution in [-0.4, -0.2) is 154 Å². The van der Waals surface area contributed by atoms with Crippen LogP contribution in [0.15, 0.2) is 24.4 Å². The first kappa shape index (κ1) is 56.3. The lowest BCUT2D eigenvalue weighted by Crippen LogP contribution is -2.14. The third-order valence-corrected chi connectivity index (χ3v) is 11.4. The maximum atomic E-state index is 13.1. The van der Waals surface area contributed by atoms with Crippen LogP contribution in [0.3, 0.4) is 0 Å². The van der Waals surface area contributed by atoms with Gasteiger partial charge in [0.05, 0.1) is 94.5 Å². The number of methoxy groups -OCH3 is 2. The van der Waals surface area contributed by atoms with Crippen molar-refractivity contribution in [1.29, 1.82) is 0 Å². The number of H-pyrrole nitrogens is 1. The number of fused-ring (bicyclic) bond motifs is 7. The summed E-state index contributed by atoms with van der Waals surface area (Å²) in [5.74, 6) is -0.713. The Balaban J connectivity index is 1.84. The van der Waals surface area contributed by atoms with Gasteiger partial charge in [0, 0.05) is 58.9 Å². The standard InChI is InChI=1S/C52H71N5O14/c1-9-37-38(10-2)45-32-53-43-30-46(68-27-25-66-23-21-64-19-17-62-7)47(69-28-26-67-24-22-65-20-18-63-8)31-44(43)56-52(71-36(6)61)49-34(4)40(14-12-16-59)50(57-49)51(70-35(5)60)48-33(3)39(13-11-15-58)42(55-48)29-41(37)54-45/h29-32,54,58-59H,9-28H2,1-8H3. The van der Waals surface area contributed by atoms with Gasteiger partial charge in [-0.05, 0) is 91.9 Å². The Hall–Kier alpha value is -5.64. The second-order valence-corrected chi connectivity index (χ2v) is 16.4. The number of hydrogen-bond donors (Lipinski definition) is 3. The number of aliphatic hydroxyl groups excluding tert-OH is 2. The normalized spacial score (nSPS) is 12.4. The molecule has 3 aromatic rings. The Morgan fingerprint density at radius 2 is 1.08 bits per heavy atom. The molecule has 0 saturated carbocycles. The number of aliphatic hydroxyl groups is 2. The molecule has 19 heteroatoms. The van der Waals surface area contributed by atoms with Gasteiger partial charge < -0.3 is 62.6 Å². The highest BCUT2D eigenvalue weighted by Crippen LogP contribution is 2.45. The van der Waals surface area contributed by atoms with Gasteiger partial charge in [0.2, 0.25) is 5.88 Å². The zero-order valence-corrected chi connectivity index (χ0v) is 42.5. The first-order valence-corrected chi connectivity index (χ1v) is 24.2. The Kier molecular flexibility index (Phi) is 23.5. The summed E-state index contributed by atoms with van der Waals surface area (Å²) in [6.45, 7) is 14.4. The van der Waals surface area contributed by atoms with Crippen molar-refractivity contribution in [3.63, 3.8) is 0 Å². The summed E-state index contributed by atoms with van der Waals surface area (Å²) in [7, 11) is 3.23. The second-order valence-electron chi connectivity index (χ2n) is 16.4. The highest BCUT2D eigenvalue weighted by Gasteiger charge is 2.30. The molecule has 2 aliphatic rings. The minimum Gasteiger partial charge on any atom is -0.487 e. The molecule has 0 spiro atoms. The van der Waals surface area contributed by atoms with Crippen molar-refractivity contribution >= 4 is 56.3 Å². The molecular formula is C52H71N5O14. The molecule has 0 radical (unpaired) electrons. The van der Waals surface area contributed by atoms with E-state index in [4.69, 9.17) is 67.3 Å². The topological polar surface area (TPSA) is 234 Å². The monoisotopic (exact) mass is 989 g/mol. The molecule has 2 aromatic heterocycles. The van der Waals surface area contributed by atoms with Gasteiger partial charge >= 0.3 is 11.9 Å². The Morgan fingerprint density at radius 3 is 1.62 bits per heavy atom. The van der Waals surface area contributed by atoms with Gasteiger partial charge in [0.1, 0.15) is 30.3 Å². The molecule has 71 heavy (non-hydrogen) atoms. The maximum Gasteiger partial charge on any atom is 0.309 e. The van der Waals surface area contributed by atoms with E-state index in [0.29, 0.717) is 131 Å². The fourth-order valence-electron chi connectivity index (χ4n) is 8.02. The third kappa shape index (κ3) is 15.9. The molecule has 0 atom stereocenters. The summed E-state index contributed by atoms with van der Waals surface area (Å²) in [5, 5.41) is 20.1. The van der Waals surface area contributed by atoms with Crippen molar-refractivity contribution in [2.24, 2.45) is 0 Å². The predicted molar refractivity (Wildman–Crippen MR) is 268 cm³/mol. The lowest BCUT2D eigenvalue weighted by atomic mass is 9.98. The number of esters is 2. The van der Waals surface area contributed by atoms with E-state index < -0.39 is 11.9 Å². The third-order valence-electron chi connectivity index (χ3n) is 11.4. The summed E-state index contributed by atoms with van der Waals surface area (Å²) in [6, 6.07) is 5.34. The van der Waals surface area contributed by atoms with Crippen molar-refractivity contribution in [3.8, 4) is 23.1 Å². The first-order valence-electron chi connectivity index (χ1n) is 24.2. The summed E-state index contributed by atoms with van der Waals surface area (Å²) in [4.78, 5) is 49.9. The van der Waals surface area contributed by atoms with Gasteiger partial charge in [0.15, 0.2) is 17.2 Å². The van der Waals surface area contributed by atoms with Gasteiger partial charge in [0.25, 0.3) is 0 Å². The molecule has 0 fully saturated rings. The van der Waals surface area contributed by atoms with E-state index in [1.54, 1.807) is 39.5 Å². The molecule has 4 heterocycles. The van der Waals surface area contributed by atoms with Crippen LogP contribution >= 0.6 is 0 Å². The number of rotatable bonds is 30. The maximum absolute atomic E-state index is 13.1. The largest absolute Gasteiger partial charge is 0.487 e. The summed E-state index contributed by atoms with van der Waals surface area (Å²) >= 11 is 0. The van der Waals surface area contributed by atoms with Gasteiger partial charge in [-0.2, -0.15) is 0 Å². The van der Waals surface area contributed by atoms with E-state index >= 15 is 0 Å². The first-order chi connectivity index (χ1) is 34.5. The SMILES string of the molecule is CCc1c(CC)c2cc3nc(c(OC(C)=O)c4nc(c(OC(C)=O)nc5cc(OCCOCCOCCOC)c(OCCOCCOCCOC)cc5ncc1[nH]2)C(C)=C4CCCO)C(C)=C3CCCO. The smallest absolute Gasteiger partial charge is 0.309 e. The highest BCUT2D eigenvalue weighted by molar-refractivity contribution is 5.99. The van der Waals surface area contributed by atoms with E-state index in [2.05, 4.69) is 18.8 Å². The van der Waals surface area contributed by atoms with Crippen molar-refractivity contribution in [2.75, 3.05) is 107 Å². The van der Waals surface area contributed by atoms with E-state index in [1.807, 2.05) is 13.0 Å². The molecule has 0 saturated heterocycles. The van der Waals surface area contributed by atoms with Crippen LogP contribution in [0.25, 0.3) is 44.4 Å². The van der Waals surface area contributed by atoms with Gasteiger partial charge in [-0.3, -0.25) is 14.6 Å². The molecule has 0 unspecified atom stereocenters. The van der Waals surface area contributed by atoms with Gasteiger partial charge in [-0.15, -0.1) is 0 Å². The molecule has 19 nitrogen and oxygen atoms in total. The Bertz CT molecular complexity index is 2540. The van der Waals surface area contributed by atoms with Gasteiger partial charge in [-0.1, -0.05) is 13.8 Å². The number of aromatic nitrogens is 5. The summed E-state index contributed by atoms with van der Waals surface area (Å²) in [6.07, 6.45) is 4.71. The minimum absolute atomic E-state index is 0.0409. The van der Waals surface area contributed by atoms with Crippen molar-refractivity contribution in [3.05, 3.63) is 58.3 Å². The number of nitrogens with zero attached hydrogens (tertiary/aromatic N) is 4. The average Bonchev–Trinajstić information content (AvgIpc) is 3.97. The molecule has 2 aliphatic heterocycles. The van der Waals surface area contributed by atoms with Crippen molar-refractivity contribution in [2.45, 2.75) is 80.1 Å². The lowest BCUT2D eigenvalue weighted by Gasteiger charge is -2.14. The van der Waals surface area contributed by atoms with Crippen LogP contribution in [0.5, 0.6) is 23.1 Å². The van der Waals surface area contributed by atoms with Crippen LogP contribution in [0.4, 0.5) is 0 Å². The zero-order valence-electron chi connectivity index (χ0n) is 42.5. The summed E-state index contributed by atoms with van der Waals surface area (Å²) < 4.78 is 57.4. The Labute approximate surface area is 415 Å². The fourth-order valence-corrected chi connectivity index (χ4v) is 8.02. The number of hydrogen-bond acceptors (Lipinski definition) is 18. The fraction of sp³-hybridized carbons (Fsp3) is 0.538. The molecular weight excluding hydrogens is 919 g/mol. The van der Waals surface area contributed by atoms with Crippen LogP contribution in [0, 0.1) is 0 Å². The summed E-state index contributed by atoms with van der Waals surface area (Å²) in [5.41, 5.74) is 8.54. The van der Waals surface area contributed by atoms with Crippen molar-refractivity contribution in [1.82, 2.24) is 24.9 Å². The van der Waals surface area contributed by atoms with Crippen LogP contribution in [0.1, 0.15) is 101 Å². The van der Waals surface area contributed by atoms with Crippen molar-refractivity contribution < 1.29 is 67.2 Å². The second kappa shape index (κ2) is 29.6. The number of nitrogens with one attached hydrogen (secondary N) is 1. The predicted octanol–water partition coefficient (Wildman–Crippen LogP) is 6.84. The highest BCUT2D eigenvalue weighted by atomic mass is 16.6. The molecule has 5 rings (SSSR count). The number of aromatic amines is 1. The Morgan fingerprint density at radius 1 is 0.577 bits per heavy atom. The number of carbonyl (C=O) groups excluding carboxylic acids is 2. The average molecular weight is 990 g/mol. The lowest BCUT2D eigenvalue weighted by molar-refractivity contribution is -0.133. The van der Waals surface area contributed by atoms with Gasteiger partial charge in [-0.25, -0.2) is 15.0 Å². The molecule has 0 aliphatic carbocycles. The molecule has 388 valence electrons. The molecule has 6 bridgehead atoms. The van der Waals surface area contributed by atoms with Crippen LogP contribution in [0.2, 0.25) is 0 Å². The minimum atomic E-state index is -0.672. The molecule has 3 N–H and O–H groups in total. The van der Waals surface area contributed by atoms with Crippen LogP contribution < -0.4 is 18.9 Å². The van der Waals surface area contributed by atoms with E-state index in [1.165, 1.54) is 13.8 Å². The molecule has 0 amide bonds. The van der Waals surface area contributed by atoms with E-state index in [9.17, 15) is 19.8 Å². The van der Waals surface area contributed by atoms with E-state index in [0.717, 1.165) is 33.3 Å². The van der Waals surface area contributed by atoms with E-state index in [-0.39, 0.29) is 68.2 Å². The molecule has 1 aromatic carbocycles.